The van der Waals surface area contributed by atoms with Crippen LogP contribution in [0.3, 0.4) is 0 Å². The van der Waals surface area contributed by atoms with E-state index in [0.29, 0.717) is 42.6 Å². The quantitative estimate of drug-likeness (QED) is 0.212. The number of hydrogen-bond acceptors (Lipinski definition) is 8. The van der Waals surface area contributed by atoms with Crippen molar-refractivity contribution in [2.75, 3.05) is 50.8 Å². The first-order chi connectivity index (χ1) is 19.5. The maximum Gasteiger partial charge on any atom is 0.328 e. The predicted octanol–water partition coefficient (Wildman–Crippen LogP) is 3.02. The number of benzene rings is 1. The van der Waals surface area contributed by atoms with Crippen LogP contribution in [0.1, 0.15) is 56.4 Å². The van der Waals surface area contributed by atoms with Gasteiger partial charge in [0.15, 0.2) is 5.69 Å². The van der Waals surface area contributed by atoms with Crippen LogP contribution < -0.4 is 15.5 Å². The molecule has 1 saturated heterocycles. The van der Waals surface area contributed by atoms with E-state index in [1.165, 1.54) is 16.2 Å². The van der Waals surface area contributed by atoms with Gasteiger partial charge in [-0.05, 0) is 12.8 Å². The molecule has 1 atom stereocenters. The number of carbonyl (C=O) groups is 3. The molecule has 2 aromatic rings. The number of hydrogen-bond donors (Lipinski definition) is 5. The zero-order valence-corrected chi connectivity index (χ0v) is 25.6. The van der Waals surface area contributed by atoms with Gasteiger partial charge in [-0.1, -0.05) is 68.4 Å². The lowest BCUT2D eigenvalue weighted by Crippen LogP contribution is -2.55. The highest BCUT2D eigenvalue weighted by molar-refractivity contribution is 7.51. The van der Waals surface area contributed by atoms with Crippen molar-refractivity contribution in [3.8, 4) is 10.6 Å². The maximum atomic E-state index is 13.3. The van der Waals surface area contributed by atoms with Crippen molar-refractivity contribution in [3.63, 3.8) is 0 Å². The van der Waals surface area contributed by atoms with Gasteiger partial charge in [0.05, 0.1) is 6.16 Å². The SMILES string of the molecule is CCCCC(=O)O.CCCCN(C)c1sc(-c2ccccc2)nc1C(=O)NC(CP(=O)(O)O)C(=O)N1CCNCC1. The Kier molecular flexibility index (Phi) is 14.4. The van der Waals surface area contributed by atoms with Crippen molar-refractivity contribution < 1.29 is 33.8 Å². The van der Waals surface area contributed by atoms with E-state index in [-0.39, 0.29) is 5.69 Å². The molecule has 2 amide bonds. The zero-order valence-electron chi connectivity index (χ0n) is 23.9. The lowest BCUT2D eigenvalue weighted by Gasteiger charge is -2.31. The molecule has 3 rings (SSSR count). The molecule has 5 N–H and O–H groups in total. The molecule has 1 aliphatic heterocycles. The van der Waals surface area contributed by atoms with Gasteiger partial charge in [-0.3, -0.25) is 18.9 Å². The van der Waals surface area contributed by atoms with Gasteiger partial charge in [0.25, 0.3) is 5.91 Å². The van der Waals surface area contributed by atoms with Gasteiger partial charge in [-0.2, -0.15) is 0 Å². The second-order valence-corrected chi connectivity index (χ2v) is 12.4. The number of rotatable bonds is 13. The van der Waals surface area contributed by atoms with Crippen LogP contribution in [0, 0.1) is 0 Å². The highest BCUT2D eigenvalue weighted by atomic mass is 32.1. The summed E-state index contributed by atoms with van der Waals surface area (Å²) >= 11 is 1.37. The third-order valence-electron chi connectivity index (χ3n) is 6.24. The number of thiazole rings is 1. The fourth-order valence-corrected chi connectivity index (χ4v) is 5.78. The maximum absolute atomic E-state index is 13.3. The number of piperazine rings is 1. The Morgan fingerprint density at radius 3 is 2.29 bits per heavy atom. The fourth-order valence-electron chi connectivity index (χ4n) is 4.00. The van der Waals surface area contributed by atoms with E-state index in [1.54, 1.807) is 0 Å². The van der Waals surface area contributed by atoms with Crippen LogP contribution in [0.15, 0.2) is 30.3 Å². The number of nitrogens with zero attached hydrogens (tertiary/aromatic N) is 3. The summed E-state index contributed by atoms with van der Waals surface area (Å²) in [7, 11) is -2.69. The number of unbranched alkanes of at least 4 members (excludes halogenated alkanes) is 2. The van der Waals surface area contributed by atoms with Gasteiger partial charge in [-0.25, -0.2) is 4.98 Å². The summed E-state index contributed by atoms with van der Waals surface area (Å²) in [6.07, 6.45) is 3.23. The van der Waals surface area contributed by atoms with Gasteiger partial charge in [0.1, 0.15) is 16.1 Å². The monoisotopic (exact) mass is 611 g/mol. The molecular formula is C27H42N5O7PS. The van der Waals surface area contributed by atoms with Gasteiger partial charge in [0, 0.05) is 51.8 Å². The minimum absolute atomic E-state index is 0.145. The third-order valence-corrected chi connectivity index (χ3v) is 8.30. The second kappa shape index (κ2) is 17.2. The molecule has 228 valence electrons. The van der Waals surface area contributed by atoms with Gasteiger partial charge < -0.3 is 35.3 Å². The van der Waals surface area contributed by atoms with Crippen molar-refractivity contribution in [2.24, 2.45) is 0 Å². The van der Waals surface area contributed by atoms with E-state index in [0.717, 1.165) is 37.8 Å². The molecular weight excluding hydrogens is 569 g/mol. The molecule has 12 nitrogen and oxygen atoms in total. The topological polar surface area (TPSA) is 172 Å². The summed E-state index contributed by atoms with van der Waals surface area (Å²) < 4.78 is 11.8. The normalized spacial score (nSPS) is 14.0. The van der Waals surface area contributed by atoms with E-state index in [1.807, 2.05) is 49.2 Å². The number of anilines is 1. The summed E-state index contributed by atoms with van der Waals surface area (Å²) in [5.41, 5.74) is 1.01. The zero-order chi connectivity index (χ0) is 30.4. The van der Waals surface area contributed by atoms with E-state index >= 15 is 0 Å². The molecule has 1 aromatic carbocycles. The van der Waals surface area contributed by atoms with Crippen LogP contribution in [-0.2, 0) is 14.2 Å². The van der Waals surface area contributed by atoms with Crippen molar-refractivity contribution in [1.29, 1.82) is 0 Å². The Balaban J connectivity index is 0.000000745. The van der Waals surface area contributed by atoms with Crippen LogP contribution >= 0.6 is 18.9 Å². The number of carboxylic acids is 1. The number of carboxylic acid groups (broad SMARTS) is 1. The Morgan fingerprint density at radius 1 is 1.12 bits per heavy atom. The van der Waals surface area contributed by atoms with Gasteiger partial charge in [-0.15, -0.1) is 0 Å². The Morgan fingerprint density at radius 2 is 1.76 bits per heavy atom. The van der Waals surface area contributed by atoms with E-state index < -0.39 is 37.6 Å². The van der Waals surface area contributed by atoms with E-state index in [4.69, 9.17) is 5.11 Å². The summed E-state index contributed by atoms with van der Waals surface area (Å²) in [6, 6.07) is 8.13. The molecule has 0 bridgehead atoms. The number of nitrogens with one attached hydrogen (secondary N) is 2. The average Bonchev–Trinajstić information content (AvgIpc) is 3.40. The minimum atomic E-state index is -4.57. The van der Waals surface area contributed by atoms with Crippen molar-refractivity contribution >= 4 is 41.7 Å². The molecule has 2 heterocycles. The fraction of sp³-hybridized carbons (Fsp3) is 0.556. The molecule has 14 heteroatoms. The Hall–Kier alpha value is -2.83. The lowest BCUT2D eigenvalue weighted by atomic mass is 10.2. The lowest BCUT2D eigenvalue weighted by molar-refractivity contribution is -0.137. The first kappa shape index (κ1) is 34.4. The molecule has 0 spiro atoms. The molecule has 0 radical (unpaired) electrons. The van der Waals surface area contributed by atoms with Crippen LogP contribution in [0.4, 0.5) is 5.00 Å². The summed E-state index contributed by atoms with van der Waals surface area (Å²) in [6.45, 7) is 6.76. The Labute approximate surface area is 245 Å². The minimum Gasteiger partial charge on any atom is -0.481 e. The number of aromatic nitrogens is 1. The first-order valence-electron chi connectivity index (χ1n) is 13.8. The number of amides is 2. The number of aliphatic carboxylic acids is 1. The van der Waals surface area contributed by atoms with Crippen LogP contribution in [0.25, 0.3) is 10.6 Å². The summed E-state index contributed by atoms with van der Waals surface area (Å²) in [4.78, 5) is 63.3. The van der Waals surface area contributed by atoms with Gasteiger partial charge in [0.2, 0.25) is 5.91 Å². The van der Waals surface area contributed by atoms with Crippen LogP contribution in [-0.4, -0.2) is 94.5 Å². The molecule has 1 aromatic heterocycles. The average molecular weight is 612 g/mol. The molecule has 1 aliphatic rings. The van der Waals surface area contributed by atoms with E-state index in [2.05, 4.69) is 22.5 Å². The summed E-state index contributed by atoms with van der Waals surface area (Å²) in [5.74, 6) is -1.82. The smallest absolute Gasteiger partial charge is 0.328 e. The third kappa shape index (κ3) is 11.9. The standard InChI is InChI=1S/C22H32N5O5PS.C5H10O2/c1-3-4-12-26(2)22-18(25-20(34-22)16-8-6-5-7-9-16)19(28)24-17(15-33(30,31)32)21(29)27-13-10-23-11-14-27;1-2-3-4-5(6)7/h5-9,17,23H,3-4,10-15H2,1-2H3,(H,24,28)(H2,30,31,32);2-4H2,1H3,(H,6,7). The highest BCUT2D eigenvalue weighted by Gasteiger charge is 2.34. The molecule has 1 fully saturated rings. The first-order valence-corrected chi connectivity index (χ1v) is 16.4. The largest absolute Gasteiger partial charge is 0.481 e. The van der Waals surface area contributed by atoms with Crippen molar-refractivity contribution in [2.45, 2.75) is 52.0 Å². The van der Waals surface area contributed by atoms with Crippen molar-refractivity contribution in [1.82, 2.24) is 20.5 Å². The van der Waals surface area contributed by atoms with Crippen molar-refractivity contribution in [3.05, 3.63) is 36.0 Å². The molecule has 0 saturated carbocycles. The van der Waals surface area contributed by atoms with Crippen LogP contribution in [0.2, 0.25) is 0 Å². The summed E-state index contributed by atoms with van der Waals surface area (Å²) in [5, 5.41) is 15.1. The second-order valence-electron chi connectivity index (χ2n) is 9.76. The van der Waals surface area contributed by atoms with Crippen LogP contribution in [0.5, 0.6) is 0 Å². The molecule has 1 unspecified atom stereocenters. The number of carbonyl (C=O) groups excluding carboxylic acids is 2. The van der Waals surface area contributed by atoms with Gasteiger partial charge >= 0.3 is 13.6 Å². The predicted molar refractivity (Wildman–Crippen MR) is 161 cm³/mol. The highest BCUT2D eigenvalue weighted by Crippen LogP contribution is 2.37. The Bertz CT molecular complexity index is 1170. The molecule has 41 heavy (non-hydrogen) atoms. The van der Waals surface area contributed by atoms with E-state index in [9.17, 15) is 28.7 Å². The molecule has 0 aliphatic carbocycles.